The van der Waals surface area contributed by atoms with Gasteiger partial charge in [-0.05, 0) is 68.2 Å². The van der Waals surface area contributed by atoms with Crippen molar-refractivity contribution in [2.75, 3.05) is 26.0 Å². The minimum atomic E-state index is -4.44. The van der Waals surface area contributed by atoms with E-state index >= 15 is 4.39 Å². The summed E-state index contributed by atoms with van der Waals surface area (Å²) in [5.74, 6) is -0.752. The van der Waals surface area contributed by atoms with E-state index < -0.39 is 29.1 Å². The Hall–Kier alpha value is -2.40. The summed E-state index contributed by atoms with van der Waals surface area (Å²) in [5, 5.41) is 0. The molecule has 2 saturated carbocycles. The van der Waals surface area contributed by atoms with Crippen molar-refractivity contribution in [1.82, 2.24) is 14.6 Å². The molecular weight excluding hydrogens is 525 g/mol. The summed E-state index contributed by atoms with van der Waals surface area (Å²) in [6.45, 7) is 0.642. The highest BCUT2D eigenvalue weighted by Gasteiger charge is 2.38. The minimum absolute atomic E-state index is 0.0649. The Bertz CT molecular complexity index is 1190. The lowest BCUT2D eigenvalue weighted by Crippen LogP contribution is -2.44. The summed E-state index contributed by atoms with van der Waals surface area (Å²) >= 11 is 1.08. The molecule has 1 amide bonds. The van der Waals surface area contributed by atoms with Crippen LogP contribution in [0.2, 0.25) is 0 Å². The molecule has 3 fully saturated rings. The van der Waals surface area contributed by atoms with E-state index in [0.29, 0.717) is 30.0 Å². The van der Waals surface area contributed by atoms with Gasteiger partial charge in [0.05, 0.1) is 16.8 Å². The largest absolute Gasteiger partial charge is 0.490 e. The number of pyridine rings is 1. The minimum Gasteiger partial charge on any atom is -0.490 e. The van der Waals surface area contributed by atoms with Crippen LogP contribution in [-0.4, -0.2) is 47.4 Å². The van der Waals surface area contributed by atoms with Gasteiger partial charge in [-0.15, -0.1) is 0 Å². The fourth-order valence-corrected chi connectivity index (χ4v) is 5.16. The monoisotopic (exact) mass is 555 g/mol. The number of nitrogens with one attached hydrogen (secondary N) is 1. The number of halogens is 5. The number of amides is 1. The summed E-state index contributed by atoms with van der Waals surface area (Å²) in [4.78, 5) is 18.5. The summed E-state index contributed by atoms with van der Waals surface area (Å²) in [5.41, 5.74) is -0.866. The zero-order chi connectivity index (χ0) is 27.1. The molecule has 2 aliphatic carbocycles. The fourth-order valence-electron chi connectivity index (χ4n) is 4.87. The van der Waals surface area contributed by atoms with Crippen LogP contribution in [0.1, 0.15) is 83.2 Å². The molecule has 11 heteroatoms. The molecule has 5 rings (SSSR count). The first kappa shape index (κ1) is 27.2. The molecule has 1 aliphatic heterocycles. The van der Waals surface area contributed by atoms with E-state index in [1.54, 1.807) is 6.26 Å². The number of nitrogens with zero attached hydrogens (tertiary/aromatic N) is 2. The number of carbonyl (C=O) groups excluding carboxylic acids is 1. The van der Waals surface area contributed by atoms with E-state index in [2.05, 4.69) is 9.71 Å². The molecule has 0 bridgehead atoms. The molecule has 3 aliphatic rings. The predicted octanol–water partition coefficient (Wildman–Crippen LogP) is 6.39. The van der Waals surface area contributed by atoms with Crippen molar-refractivity contribution in [3.63, 3.8) is 0 Å². The Kier molecular flexibility index (Phi) is 7.61. The quantitative estimate of drug-likeness (QED) is 0.287. The first-order valence-electron chi connectivity index (χ1n) is 12.8. The van der Waals surface area contributed by atoms with E-state index in [4.69, 9.17) is 4.74 Å². The molecular formula is C27H30F5N3O2S. The first-order chi connectivity index (χ1) is 18.0. The van der Waals surface area contributed by atoms with Crippen LogP contribution in [0.4, 0.5) is 22.0 Å². The van der Waals surface area contributed by atoms with Crippen molar-refractivity contribution < 1.29 is 31.5 Å². The number of piperidine rings is 1. The van der Waals surface area contributed by atoms with Crippen LogP contribution < -0.4 is 9.46 Å². The van der Waals surface area contributed by atoms with Gasteiger partial charge in [0.2, 0.25) is 0 Å². The van der Waals surface area contributed by atoms with Crippen LogP contribution >= 0.6 is 11.9 Å². The summed E-state index contributed by atoms with van der Waals surface area (Å²) < 4.78 is 78.8. The summed E-state index contributed by atoms with van der Waals surface area (Å²) in [6, 6.07) is 4.89. The van der Waals surface area contributed by atoms with Crippen molar-refractivity contribution in [3.05, 3.63) is 58.2 Å². The zero-order valence-electron chi connectivity index (χ0n) is 21.0. The molecule has 1 saturated heterocycles. The lowest BCUT2D eigenvalue weighted by molar-refractivity contribution is -0.137. The highest BCUT2D eigenvalue weighted by molar-refractivity contribution is 7.97. The molecule has 0 unspecified atom stereocenters. The second kappa shape index (κ2) is 10.6. The number of rotatable bonds is 9. The number of hydrogen-bond acceptors (Lipinski definition) is 5. The Balaban J connectivity index is 1.21. The van der Waals surface area contributed by atoms with Gasteiger partial charge in [0.1, 0.15) is 23.8 Å². The molecule has 0 radical (unpaired) electrons. The normalized spacial score (nSPS) is 19.8. The highest BCUT2D eigenvalue weighted by atomic mass is 32.2. The van der Waals surface area contributed by atoms with E-state index in [-0.39, 0.29) is 49.1 Å². The lowest BCUT2D eigenvalue weighted by Gasteiger charge is -2.36. The lowest BCUT2D eigenvalue weighted by atomic mass is 9.94. The van der Waals surface area contributed by atoms with Gasteiger partial charge in [0.15, 0.2) is 0 Å². The topological polar surface area (TPSA) is 54.5 Å². The second-order valence-electron chi connectivity index (χ2n) is 10.5. The van der Waals surface area contributed by atoms with E-state index in [0.717, 1.165) is 55.8 Å². The number of ether oxygens (including phenoxy) is 1. The fraction of sp³-hybridized carbons (Fsp3) is 0.556. The first-order valence-corrected chi connectivity index (χ1v) is 14.1. The number of hydrogen-bond donors (Lipinski definition) is 1. The van der Waals surface area contributed by atoms with Gasteiger partial charge in [0, 0.05) is 43.6 Å². The SMILES string of the molecule is CSNC(=O)c1cc(C2CC2)c(OCC2(F)CCN(Cc3cc(C(F)(F)F)cc(C4CC4)n3)CC2)cc1F. The van der Waals surface area contributed by atoms with E-state index in [1.165, 1.54) is 6.07 Å². The maximum Gasteiger partial charge on any atom is 0.416 e. The van der Waals surface area contributed by atoms with E-state index in [1.807, 2.05) is 4.90 Å². The summed E-state index contributed by atoms with van der Waals surface area (Å²) in [7, 11) is 0. The van der Waals surface area contributed by atoms with Gasteiger partial charge in [0.25, 0.3) is 5.91 Å². The van der Waals surface area contributed by atoms with Crippen molar-refractivity contribution >= 4 is 17.9 Å². The van der Waals surface area contributed by atoms with Gasteiger partial charge in [-0.2, -0.15) is 13.2 Å². The molecule has 1 aromatic heterocycles. The molecule has 5 nitrogen and oxygen atoms in total. The van der Waals surface area contributed by atoms with Gasteiger partial charge in [-0.25, -0.2) is 8.78 Å². The van der Waals surface area contributed by atoms with Gasteiger partial charge in [-0.1, -0.05) is 11.9 Å². The average Bonchev–Trinajstić information content (AvgIpc) is 3.77. The average molecular weight is 556 g/mol. The third-order valence-electron chi connectivity index (χ3n) is 7.40. The number of carbonyl (C=O) groups is 1. The van der Waals surface area contributed by atoms with Crippen LogP contribution in [-0.2, 0) is 12.7 Å². The maximum absolute atomic E-state index is 15.6. The van der Waals surface area contributed by atoms with Crippen molar-refractivity contribution in [1.29, 1.82) is 0 Å². The number of likely N-dealkylation sites (tertiary alicyclic amines) is 1. The number of benzene rings is 1. The zero-order valence-corrected chi connectivity index (χ0v) is 21.9. The smallest absolute Gasteiger partial charge is 0.416 e. The van der Waals surface area contributed by atoms with Crippen molar-refractivity contribution in [2.24, 2.45) is 0 Å². The second-order valence-corrected chi connectivity index (χ2v) is 11.2. The Morgan fingerprint density at radius 3 is 2.42 bits per heavy atom. The molecule has 2 aromatic rings. The van der Waals surface area contributed by atoms with Crippen LogP contribution in [0.25, 0.3) is 0 Å². The molecule has 2 heterocycles. The Labute approximate surface area is 222 Å². The molecule has 1 aromatic carbocycles. The molecule has 206 valence electrons. The van der Waals surface area contributed by atoms with Crippen molar-refractivity contribution in [2.45, 2.75) is 68.8 Å². The maximum atomic E-state index is 15.6. The van der Waals surface area contributed by atoms with Crippen LogP contribution in [0.3, 0.4) is 0 Å². The van der Waals surface area contributed by atoms with Crippen molar-refractivity contribution in [3.8, 4) is 5.75 Å². The molecule has 0 spiro atoms. The Morgan fingerprint density at radius 2 is 1.82 bits per heavy atom. The standard InChI is InChI=1S/C27H30F5N3O2S/c1-38-34-25(36)21-12-20(16-2-3-16)24(13-22(21)28)37-15-26(29)6-8-35(9-7-26)14-19-10-18(27(30,31)32)11-23(33-19)17-4-5-17/h10-13,16-17H,2-9,14-15H2,1H3,(H,34,36). The van der Waals surface area contributed by atoms with Crippen LogP contribution in [0.15, 0.2) is 24.3 Å². The molecule has 38 heavy (non-hydrogen) atoms. The molecule has 0 atom stereocenters. The van der Waals surface area contributed by atoms with Crippen LogP contribution in [0, 0.1) is 5.82 Å². The third kappa shape index (κ3) is 6.42. The van der Waals surface area contributed by atoms with Gasteiger partial charge >= 0.3 is 6.18 Å². The molecule has 1 N–H and O–H groups in total. The number of alkyl halides is 4. The van der Waals surface area contributed by atoms with Gasteiger partial charge < -0.3 is 4.74 Å². The third-order valence-corrected chi connectivity index (χ3v) is 7.79. The highest BCUT2D eigenvalue weighted by Crippen LogP contribution is 2.46. The van der Waals surface area contributed by atoms with E-state index in [9.17, 15) is 22.4 Å². The summed E-state index contributed by atoms with van der Waals surface area (Å²) in [6.07, 6.45) is 0.991. The van der Waals surface area contributed by atoms with Crippen LogP contribution in [0.5, 0.6) is 5.75 Å². The number of aromatic nitrogens is 1. The van der Waals surface area contributed by atoms with Gasteiger partial charge in [-0.3, -0.25) is 19.4 Å². The Morgan fingerprint density at radius 1 is 1.13 bits per heavy atom. The predicted molar refractivity (Wildman–Crippen MR) is 134 cm³/mol.